The third kappa shape index (κ3) is 2.56. The largest absolute Gasteiger partial charge is 0.399 e. The zero-order valence-electron chi connectivity index (χ0n) is 6.30. The normalized spacial score (nSPS) is 10.0. The fourth-order valence-electron chi connectivity index (χ4n) is 0.786. The molecule has 2 N–H and O–H groups in total. The van der Waals surface area contributed by atoms with Crippen LogP contribution in [0.1, 0.15) is 6.92 Å². The van der Waals surface area contributed by atoms with Crippen molar-refractivity contribution >= 4 is 40.0 Å². The predicted octanol–water partition coefficient (Wildman–Crippen LogP) is 2.99. The number of nitrogens with two attached hydrogens (primary N) is 1. The second kappa shape index (κ2) is 4.21. The number of nitrogen functional groups attached to an aromatic ring is 1. The molecule has 60 valence electrons. The molecule has 0 aliphatic carbocycles. The van der Waals surface area contributed by atoms with Crippen LogP contribution >= 0.6 is 34.4 Å². The number of hydrogen-bond acceptors (Lipinski definition) is 2. The molecule has 0 fully saturated rings. The summed E-state index contributed by atoms with van der Waals surface area (Å²) in [5.74, 6) is 1.10. The van der Waals surface area contributed by atoms with Crippen molar-refractivity contribution in [3.63, 3.8) is 0 Å². The molecule has 1 rings (SSSR count). The van der Waals surface area contributed by atoms with Gasteiger partial charge in [0.05, 0.1) is 0 Å². The van der Waals surface area contributed by atoms with Gasteiger partial charge in [0.2, 0.25) is 0 Å². The van der Waals surface area contributed by atoms with Gasteiger partial charge in [-0.1, -0.05) is 6.92 Å². The molecule has 0 spiro atoms. The molecular formula is C8H10INS. The lowest BCUT2D eigenvalue weighted by molar-refractivity contribution is 1.38. The maximum absolute atomic E-state index is 5.64. The van der Waals surface area contributed by atoms with E-state index in [1.165, 1.54) is 8.47 Å². The Kier molecular flexibility index (Phi) is 3.51. The van der Waals surface area contributed by atoms with Gasteiger partial charge in [-0.05, 0) is 46.5 Å². The Morgan fingerprint density at radius 3 is 2.91 bits per heavy atom. The van der Waals surface area contributed by atoms with Gasteiger partial charge < -0.3 is 5.73 Å². The molecule has 3 heteroatoms. The van der Waals surface area contributed by atoms with Crippen molar-refractivity contribution in [2.24, 2.45) is 0 Å². The highest BCUT2D eigenvalue weighted by molar-refractivity contribution is 14.1. The van der Waals surface area contributed by atoms with Gasteiger partial charge >= 0.3 is 0 Å². The van der Waals surface area contributed by atoms with Crippen LogP contribution in [0.3, 0.4) is 0 Å². The first-order valence-corrected chi connectivity index (χ1v) is 5.48. The Labute approximate surface area is 84.9 Å². The van der Waals surface area contributed by atoms with E-state index < -0.39 is 0 Å². The van der Waals surface area contributed by atoms with Gasteiger partial charge in [0, 0.05) is 14.2 Å². The summed E-state index contributed by atoms with van der Waals surface area (Å²) in [6, 6.07) is 6.01. The molecule has 0 bridgehead atoms. The molecule has 0 amide bonds. The summed E-state index contributed by atoms with van der Waals surface area (Å²) in [7, 11) is 0. The van der Waals surface area contributed by atoms with Crippen molar-refractivity contribution in [2.75, 3.05) is 11.5 Å². The van der Waals surface area contributed by atoms with Crippen molar-refractivity contribution in [1.82, 2.24) is 0 Å². The summed E-state index contributed by atoms with van der Waals surface area (Å²) in [6.45, 7) is 2.14. The van der Waals surface area contributed by atoms with Crippen LogP contribution in [0.25, 0.3) is 0 Å². The molecule has 1 aromatic carbocycles. The van der Waals surface area contributed by atoms with Gasteiger partial charge in [0.15, 0.2) is 0 Å². The molecule has 0 aromatic heterocycles. The summed E-state index contributed by atoms with van der Waals surface area (Å²) in [6.07, 6.45) is 0. The summed E-state index contributed by atoms with van der Waals surface area (Å²) < 4.78 is 1.28. The molecule has 0 radical (unpaired) electrons. The van der Waals surface area contributed by atoms with Gasteiger partial charge in [-0.3, -0.25) is 0 Å². The third-order valence-electron chi connectivity index (χ3n) is 1.26. The minimum atomic E-state index is 0.848. The maximum Gasteiger partial charge on any atom is 0.0325 e. The fourth-order valence-corrected chi connectivity index (χ4v) is 2.33. The first-order chi connectivity index (χ1) is 5.24. The van der Waals surface area contributed by atoms with Crippen LogP contribution in [0.4, 0.5) is 5.69 Å². The van der Waals surface area contributed by atoms with E-state index in [0.717, 1.165) is 11.4 Å². The SMILES string of the molecule is CCSc1cc(N)ccc1I. The summed E-state index contributed by atoms with van der Waals surface area (Å²) in [4.78, 5) is 1.29. The molecule has 0 atom stereocenters. The van der Waals surface area contributed by atoms with E-state index in [0.29, 0.717) is 0 Å². The highest BCUT2D eigenvalue weighted by Gasteiger charge is 1.98. The van der Waals surface area contributed by atoms with Crippen LogP contribution in [0, 0.1) is 3.57 Å². The molecule has 0 unspecified atom stereocenters. The van der Waals surface area contributed by atoms with Crippen LogP contribution in [0.2, 0.25) is 0 Å². The summed E-state index contributed by atoms with van der Waals surface area (Å²) >= 11 is 4.15. The smallest absolute Gasteiger partial charge is 0.0325 e. The summed E-state index contributed by atoms with van der Waals surface area (Å²) in [5.41, 5.74) is 6.49. The van der Waals surface area contributed by atoms with Gasteiger partial charge in [-0.2, -0.15) is 0 Å². The Bertz CT molecular complexity index is 250. The van der Waals surface area contributed by atoms with Crippen LogP contribution in [0.15, 0.2) is 23.1 Å². The lowest BCUT2D eigenvalue weighted by Gasteiger charge is -2.02. The van der Waals surface area contributed by atoms with E-state index >= 15 is 0 Å². The van der Waals surface area contributed by atoms with Crippen molar-refractivity contribution in [3.05, 3.63) is 21.8 Å². The molecule has 0 saturated carbocycles. The van der Waals surface area contributed by atoms with E-state index in [-0.39, 0.29) is 0 Å². The monoisotopic (exact) mass is 279 g/mol. The van der Waals surface area contributed by atoms with Crippen molar-refractivity contribution in [2.45, 2.75) is 11.8 Å². The van der Waals surface area contributed by atoms with Crippen molar-refractivity contribution < 1.29 is 0 Å². The number of hydrogen-bond donors (Lipinski definition) is 1. The second-order valence-corrected chi connectivity index (χ2v) is 4.59. The van der Waals surface area contributed by atoms with Crippen LogP contribution in [-0.2, 0) is 0 Å². The zero-order valence-corrected chi connectivity index (χ0v) is 9.28. The van der Waals surface area contributed by atoms with Gasteiger partial charge in [0.25, 0.3) is 0 Å². The van der Waals surface area contributed by atoms with Crippen molar-refractivity contribution in [3.8, 4) is 0 Å². The van der Waals surface area contributed by atoms with Crippen LogP contribution in [-0.4, -0.2) is 5.75 Å². The molecule has 1 aromatic rings. The number of benzene rings is 1. The lowest BCUT2D eigenvalue weighted by Crippen LogP contribution is -1.86. The van der Waals surface area contributed by atoms with Gasteiger partial charge in [0.1, 0.15) is 0 Å². The number of halogens is 1. The Morgan fingerprint density at radius 2 is 2.27 bits per heavy atom. The molecule has 0 aliphatic heterocycles. The van der Waals surface area contributed by atoms with Crippen molar-refractivity contribution in [1.29, 1.82) is 0 Å². The molecule has 0 heterocycles. The fraction of sp³-hybridized carbons (Fsp3) is 0.250. The number of rotatable bonds is 2. The zero-order chi connectivity index (χ0) is 8.27. The molecule has 0 aliphatic rings. The van der Waals surface area contributed by atoms with E-state index in [2.05, 4.69) is 29.5 Å². The second-order valence-electron chi connectivity index (χ2n) is 2.12. The highest BCUT2D eigenvalue weighted by Crippen LogP contribution is 2.25. The Hall–Kier alpha value is 0.100. The van der Waals surface area contributed by atoms with E-state index in [9.17, 15) is 0 Å². The predicted molar refractivity (Wildman–Crippen MR) is 60.0 cm³/mol. The first kappa shape index (κ1) is 9.19. The molecule has 11 heavy (non-hydrogen) atoms. The van der Waals surface area contributed by atoms with E-state index in [4.69, 9.17) is 5.73 Å². The van der Waals surface area contributed by atoms with Gasteiger partial charge in [-0.15, -0.1) is 11.8 Å². The third-order valence-corrected chi connectivity index (χ3v) is 3.50. The lowest BCUT2D eigenvalue weighted by atomic mass is 10.3. The molecule has 1 nitrogen and oxygen atoms in total. The molecular weight excluding hydrogens is 269 g/mol. The average molecular weight is 279 g/mol. The van der Waals surface area contributed by atoms with Crippen LogP contribution < -0.4 is 5.73 Å². The van der Waals surface area contributed by atoms with Crippen LogP contribution in [0.5, 0.6) is 0 Å². The van der Waals surface area contributed by atoms with Gasteiger partial charge in [-0.25, -0.2) is 0 Å². The average Bonchev–Trinajstić information content (AvgIpc) is 1.98. The highest BCUT2D eigenvalue weighted by atomic mass is 127. The minimum Gasteiger partial charge on any atom is -0.399 e. The minimum absolute atomic E-state index is 0.848. The Balaban J connectivity index is 2.93. The number of anilines is 1. The number of thioether (sulfide) groups is 1. The maximum atomic E-state index is 5.64. The van der Waals surface area contributed by atoms with E-state index in [1.54, 1.807) is 0 Å². The van der Waals surface area contributed by atoms with E-state index in [1.807, 2.05) is 30.0 Å². The standard InChI is InChI=1S/C8H10INS/c1-2-11-8-5-6(10)3-4-7(8)9/h3-5H,2,10H2,1H3. The molecule has 0 saturated heterocycles. The summed E-state index contributed by atoms with van der Waals surface area (Å²) in [5, 5.41) is 0. The first-order valence-electron chi connectivity index (χ1n) is 3.42. The Morgan fingerprint density at radius 1 is 1.55 bits per heavy atom. The quantitative estimate of drug-likeness (QED) is 0.511. The topological polar surface area (TPSA) is 26.0 Å².